The SMILES string of the molecule is CO[C@H]1C2=C[C@H](C2)[C@H](C)[C@@H](C)S(=O)(=O)NC(=O)c2ccc3c(c2)N(C[C@@H]2CC[C@H]21)C[C@@]1(CCCc2cc(Cl)ccc21)CO3. The average Bonchev–Trinajstić information content (AvgIpc) is 3.09. The summed E-state index contributed by atoms with van der Waals surface area (Å²) in [5.74, 6) is 0.976. The van der Waals surface area contributed by atoms with E-state index < -0.39 is 21.2 Å². The van der Waals surface area contributed by atoms with Crippen LogP contribution < -0.4 is 14.4 Å². The molecule has 0 saturated heterocycles. The number of nitrogens with one attached hydrogen (secondary N) is 1. The van der Waals surface area contributed by atoms with Crippen LogP contribution in [-0.2, 0) is 26.6 Å². The maximum absolute atomic E-state index is 13.4. The van der Waals surface area contributed by atoms with E-state index in [0.717, 1.165) is 68.1 Å². The summed E-state index contributed by atoms with van der Waals surface area (Å²) in [6.07, 6.45) is 8.38. The lowest BCUT2D eigenvalue weighted by Gasteiger charge is -2.48. The van der Waals surface area contributed by atoms with Gasteiger partial charge in [-0.05, 0) is 116 Å². The van der Waals surface area contributed by atoms with Crippen LogP contribution in [0.3, 0.4) is 0 Å². The highest BCUT2D eigenvalue weighted by atomic mass is 35.5. The molecule has 2 aromatic carbocycles. The standard InChI is InChI=1S/C34H41ClN2O5S/c1-20-21(2)43(39,40)36-33(38)23-7-11-31-30(16-23)37(17-24-6-9-28(24)32(41-3)26-13-25(20)14-26)18-34(19-42-31)12-4-5-22-15-27(35)8-10-29(22)34/h7-8,10-11,13,15-16,20-21,24-25,28,32H,4-6,9,12,14,17-19H2,1-3H3,(H,36,38)/t20-,21-,24+,25-,28-,32+,34+/m1/s1. The van der Waals surface area contributed by atoms with Crippen molar-refractivity contribution in [3.05, 3.63) is 69.8 Å². The molecule has 3 heterocycles. The molecular formula is C34H41ClN2O5S. The topological polar surface area (TPSA) is 84.9 Å². The van der Waals surface area contributed by atoms with Crippen LogP contribution in [0.25, 0.3) is 0 Å². The third kappa shape index (κ3) is 4.98. The number of hydrogen-bond acceptors (Lipinski definition) is 6. The Kier molecular flexibility index (Phi) is 7.34. The van der Waals surface area contributed by atoms with E-state index in [4.69, 9.17) is 21.1 Å². The number of rotatable bonds is 1. The zero-order valence-corrected chi connectivity index (χ0v) is 26.7. The van der Waals surface area contributed by atoms with Gasteiger partial charge in [0.1, 0.15) is 5.75 Å². The number of aryl methyl sites for hydroxylation is 1. The maximum atomic E-state index is 13.4. The molecule has 2 aromatic rings. The lowest BCUT2D eigenvalue weighted by molar-refractivity contribution is -0.000490. The Hall–Kier alpha value is -2.55. The Morgan fingerprint density at radius 2 is 1.95 bits per heavy atom. The lowest BCUT2D eigenvalue weighted by atomic mass is 9.64. The summed E-state index contributed by atoms with van der Waals surface area (Å²) in [6.45, 7) is 5.77. The fraction of sp³-hybridized carbons (Fsp3) is 0.559. The number of carbonyl (C=O) groups is 1. The van der Waals surface area contributed by atoms with Crippen LogP contribution in [0.1, 0.15) is 67.4 Å². The van der Waals surface area contributed by atoms with Crippen molar-refractivity contribution >= 4 is 33.2 Å². The van der Waals surface area contributed by atoms with Crippen LogP contribution in [0.2, 0.25) is 5.02 Å². The Bertz CT molecular complexity index is 1590. The number of ether oxygens (including phenoxy) is 2. The van der Waals surface area contributed by atoms with Gasteiger partial charge in [0, 0.05) is 36.2 Å². The van der Waals surface area contributed by atoms with E-state index >= 15 is 0 Å². The molecule has 1 N–H and O–H groups in total. The molecule has 0 unspecified atom stereocenters. The fourth-order valence-electron chi connectivity index (χ4n) is 8.33. The van der Waals surface area contributed by atoms with Crippen molar-refractivity contribution in [2.24, 2.45) is 23.7 Å². The van der Waals surface area contributed by atoms with Crippen LogP contribution in [0, 0.1) is 23.7 Å². The van der Waals surface area contributed by atoms with E-state index in [1.165, 1.54) is 16.7 Å². The number of fused-ring (bicyclic) bond motifs is 6. The molecular weight excluding hydrogens is 584 g/mol. The van der Waals surface area contributed by atoms with E-state index in [1.807, 2.05) is 25.1 Å². The average molecular weight is 625 g/mol. The zero-order chi connectivity index (χ0) is 30.1. The van der Waals surface area contributed by atoms with Gasteiger partial charge < -0.3 is 14.4 Å². The molecule has 1 amide bonds. The van der Waals surface area contributed by atoms with Gasteiger partial charge in [-0.3, -0.25) is 4.79 Å². The molecule has 0 aromatic heterocycles. The monoisotopic (exact) mass is 624 g/mol. The minimum absolute atomic E-state index is 0.0438. The van der Waals surface area contributed by atoms with E-state index in [1.54, 1.807) is 20.1 Å². The second-order valence-corrected chi connectivity index (χ2v) is 16.1. The van der Waals surface area contributed by atoms with Crippen LogP contribution in [0.15, 0.2) is 48.0 Å². The third-order valence-electron chi connectivity index (χ3n) is 11.3. The van der Waals surface area contributed by atoms with E-state index in [9.17, 15) is 13.2 Å². The number of methoxy groups -OCH3 is 1. The van der Waals surface area contributed by atoms with Crippen molar-refractivity contribution in [1.29, 1.82) is 0 Å². The van der Waals surface area contributed by atoms with Crippen LogP contribution in [0.5, 0.6) is 5.75 Å². The first-order valence-electron chi connectivity index (χ1n) is 15.7. The molecule has 3 aliphatic heterocycles. The van der Waals surface area contributed by atoms with Gasteiger partial charge in [-0.2, -0.15) is 0 Å². The van der Waals surface area contributed by atoms with Gasteiger partial charge in [-0.25, -0.2) is 13.1 Å². The molecule has 1 spiro atoms. The first-order valence-corrected chi connectivity index (χ1v) is 17.6. The largest absolute Gasteiger partial charge is 0.490 e. The number of nitrogens with zero attached hydrogens (tertiary/aromatic N) is 1. The molecule has 1 fully saturated rings. The minimum Gasteiger partial charge on any atom is -0.490 e. The molecule has 3 aliphatic carbocycles. The predicted molar refractivity (Wildman–Crippen MR) is 168 cm³/mol. The molecule has 1 saturated carbocycles. The maximum Gasteiger partial charge on any atom is 0.264 e. The van der Waals surface area contributed by atoms with Crippen molar-refractivity contribution in [1.82, 2.24) is 4.72 Å². The molecule has 7 nitrogen and oxygen atoms in total. The molecule has 6 aliphatic rings. The van der Waals surface area contributed by atoms with Gasteiger partial charge in [0.25, 0.3) is 5.91 Å². The number of benzene rings is 2. The zero-order valence-electron chi connectivity index (χ0n) is 25.1. The normalized spacial score (nSPS) is 34.7. The van der Waals surface area contributed by atoms with Gasteiger partial charge >= 0.3 is 0 Å². The summed E-state index contributed by atoms with van der Waals surface area (Å²) >= 11 is 6.42. The number of sulfonamides is 1. The fourth-order valence-corrected chi connectivity index (χ4v) is 9.86. The van der Waals surface area contributed by atoms with Gasteiger partial charge in [0.05, 0.1) is 23.6 Å². The highest BCUT2D eigenvalue weighted by Gasteiger charge is 2.47. The Labute approximate surface area is 260 Å². The van der Waals surface area contributed by atoms with E-state index in [2.05, 4.69) is 27.8 Å². The van der Waals surface area contributed by atoms with Gasteiger partial charge in [-0.15, -0.1) is 0 Å². The van der Waals surface area contributed by atoms with Crippen molar-refractivity contribution in [3.8, 4) is 5.75 Å². The van der Waals surface area contributed by atoms with Crippen molar-refractivity contribution in [2.75, 3.05) is 31.7 Å². The molecule has 8 rings (SSSR count). The van der Waals surface area contributed by atoms with E-state index in [0.29, 0.717) is 24.0 Å². The van der Waals surface area contributed by atoms with E-state index in [-0.39, 0.29) is 23.4 Å². The van der Waals surface area contributed by atoms with Gasteiger partial charge in [0.2, 0.25) is 10.0 Å². The second-order valence-electron chi connectivity index (χ2n) is 13.6. The van der Waals surface area contributed by atoms with Crippen LogP contribution in [0.4, 0.5) is 5.69 Å². The highest BCUT2D eigenvalue weighted by Crippen LogP contribution is 2.49. The lowest BCUT2D eigenvalue weighted by Crippen LogP contribution is -2.50. The Morgan fingerprint density at radius 3 is 2.70 bits per heavy atom. The third-order valence-corrected chi connectivity index (χ3v) is 13.4. The first-order chi connectivity index (χ1) is 20.6. The summed E-state index contributed by atoms with van der Waals surface area (Å²) in [5, 5.41) is 0.0356. The Morgan fingerprint density at radius 1 is 1.14 bits per heavy atom. The molecule has 4 bridgehead atoms. The number of amides is 1. The first kappa shape index (κ1) is 29.2. The minimum atomic E-state index is -3.89. The molecule has 0 radical (unpaired) electrons. The molecule has 9 heteroatoms. The summed E-state index contributed by atoms with van der Waals surface area (Å²) in [6, 6.07) is 11.6. The number of halogens is 1. The predicted octanol–water partition coefficient (Wildman–Crippen LogP) is 5.90. The summed E-state index contributed by atoms with van der Waals surface area (Å²) in [7, 11) is -2.08. The summed E-state index contributed by atoms with van der Waals surface area (Å²) < 4.78 is 41.9. The Balaban J connectivity index is 1.32. The number of allylic oxidation sites excluding steroid dienone is 1. The molecule has 43 heavy (non-hydrogen) atoms. The highest BCUT2D eigenvalue weighted by molar-refractivity contribution is 7.90. The van der Waals surface area contributed by atoms with Gasteiger partial charge in [0.15, 0.2) is 0 Å². The second kappa shape index (κ2) is 10.8. The number of anilines is 1. The smallest absolute Gasteiger partial charge is 0.264 e. The number of hydrogen-bond donors (Lipinski definition) is 1. The van der Waals surface area contributed by atoms with Crippen LogP contribution >= 0.6 is 11.6 Å². The summed E-state index contributed by atoms with van der Waals surface area (Å²) in [5.41, 5.74) is 4.80. The van der Waals surface area contributed by atoms with Crippen molar-refractivity contribution < 1.29 is 22.7 Å². The van der Waals surface area contributed by atoms with Crippen molar-refractivity contribution in [3.63, 3.8) is 0 Å². The van der Waals surface area contributed by atoms with Crippen LogP contribution in [-0.4, -0.2) is 52.5 Å². The molecule has 7 atom stereocenters. The number of carbonyl (C=O) groups excluding carboxylic acids is 1. The molecule has 230 valence electrons. The quantitative estimate of drug-likeness (QED) is 0.398. The van der Waals surface area contributed by atoms with Crippen molar-refractivity contribution in [2.45, 2.75) is 69.1 Å². The van der Waals surface area contributed by atoms with Gasteiger partial charge in [-0.1, -0.05) is 30.7 Å². The summed E-state index contributed by atoms with van der Waals surface area (Å²) in [4.78, 5) is 15.9.